The van der Waals surface area contributed by atoms with Gasteiger partial charge in [-0.25, -0.2) is 0 Å². The number of carbonyl (C=O) groups excluding carboxylic acids is 2. The molecule has 0 spiro atoms. The summed E-state index contributed by atoms with van der Waals surface area (Å²) in [6, 6.07) is -1.17. The molecule has 3 unspecified atom stereocenters. The van der Waals surface area contributed by atoms with Gasteiger partial charge in [-0.3, -0.25) is 9.59 Å². The van der Waals surface area contributed by atoms with E-state index < -0.39 is 24.0 Å². The molecule has 1 saturated carbocycles. The first-order valence-electron chi connectivity index (χ1n) is 5.53. The van der Waals surface area contributed by atoms with Gasteiger partial charge in [0.25, 0.3) is 0 Å². The van der Waals surface area contributed by atoms with Gasteiger partial charge in [-0.2, -0.15) is 0 Å². The Kier molecular flexibility index (Phi) is 4.70. The Morgan fingerprint density at radius 1 is 1.38 bits per heavy atom. The molecule has 0 saturated heterocycles. The summed E-state index contributed by atoms with van der Waals surface area (Å²) in [7, 11) is 0. The number of amides is 2. The number of hydrogen-bond donors (Lipinski definition) is 4. The number of rotatable bonds is 4. The van der Waals surface area contributed by atoms with Crippen LogP contribution in [0.25, 0.3) is 0 Å². The summed E-state index contributed by atoms with van der Waals surface area (Å²) in [6.45, 7) is 0. The number of aliphatic hydroxyl groups is 1. The van der Waals surface area contributed by atoms with E-state index in [1.165, 1.54) is 0 Å². The molecule has 6 N–H and O–H groups in total. The maximum absolute atomic E-state index is 11.5. The molecule has 0 bridgehead atoms. The van der Waals surface area contributed by atoms with Crippen LogP contribution in [0.15, 0.2) is 0 Å². The third-order valence-electron chi connectivity index (χ3n) is 2.82. The van der Waals surface area contributed by atoms with Gasteiger partial charge in [0.1, 0.15) is 0 Å². The van der Waals surface area contributed by atoms with Gasteiger partial charge in [0.05, 0.1) is 24.6 Å². The van der Waals surface area contributed by atoms with Crippen LogP contribution in [-0.4, -0.2) is 35.1 Å². The lowest BCUT2D eigenvalue weighted by Crippen LogP contribution is -2.51. The SMILES string of the molecule is NC(=O)CC(N)C(=O)NC1CCCCC1O. The molecule has 0 aromatic rings. The fourth-order valence-electron chi connectivity index (χ4n) is 1.88. The molecule has 2 amide bonds. The lowest BCUT2D eigenvalue weighted by atomic mass is 9.92. The smallest absolute Gasteiger partial charge is 0.237 e. The fourth-order valence-corrected chi connectivity index (χ4v) is 1.88. The molecule has 6 heteroatoms. The molecule has 0 aromatic carbocycles. The van der Waals surface area contributed by atoms with E-state index in [1.807, 2.05) is 0 Å². The van der Waals surface area contributed by atoms with Crippen LogP contribution >= 0.6 is 0 Å². The minimum Gasteiger partial charge on any atom is -0.391 e. The van der Waals surface area contributed by atoms with Crippen LogP contribution in [0.1, 0.15) is 32.1 Å². The second kappa shape index (κ2) is 5.81. The summed E-state index contributed by atoms with van der Waals surface area (Å²) in [4.78, 5) is 22.1. The molecule has 16 heavy (non-hydrogen) atoms. The average molecular weight is 229 g/mol. The number of hydrogen-bond acceptors (Lipinski definition) is 4. The monoisotopic (exact) mass is 229 g/mol. The van der Waals surface area contributed by atoms with E-state index in [2.05, 4.69) is 5.32 Å². The summed E-state index contributed by atoms with van der Waals surface area (Å²) in [5.74, 6) is -1.03. The van der Waals surface area contributed by atoms with Gasteiger partial charge in [0.15, 0.2) is 0 Å². The Hall–Kier alpha value is -1.14. The second-order valence-electron chi connectivity index (χ2n) is 4.24. The van der Waals surface area contributed by atoms with Crippen LogP contribution in [0.2, 0.25) is 0 Å². The van der Waals surface area contributed by atoms with Crippen LogP contribution in [0, 0.1) is 0 Å². The predicted molar refractivity (Wildman–Crippen MR) is 58.2 cm³/mol. The molecule has 0 heterocycles. The maximum atomic E-state index is 11.5. The molecule has 1 rings (SSSR count). The van der Waals surface area contributed by atoms with E-state index in [-0.39, 0.29) is 12.5 Å². The molecule has 6 nitrogen and oxygen atoms in total. The summed E-state index contributed by atoms with van der Waals surface area (Å²) in [5.41, 5.74) is 10.4. The summed E-state index contributed by atoms with van der Waals surface area (Å²) in [6.07, 6.45) is 2.70. The highest BCUT2D eigenvalue weighted by Gasteiger charge is 2.26. The highest BCUT2D eigenvalue weighted by Crippen LogP contribution is 2.18. The first-order valence-corrected chi connectivity index (χ1v) is 5.53. The zero-order chi connectivity index (χ0) is 12.1. The van der Waals surface area contributed by atoms with Crippen molar-refractivity contribution < 1.29 is 14.7 Å². The minimum atomic E-state index is -0.924. The molecule has 0 radical (unpaired) electrons. The lowest BCUT2D eigenvalue weighted by Gasteiger charge is -2.29. The van der Waals surface area contributed by atoms with Crippen LogP contribution in [0.3, 0.4) is 0 Å². The quantitative estimate of drug-likeness (QED) is 0.474. The van der Waals surface area contributed by atoms with Crippen molar-refractivity contribution in [2.45, 2.75) is 50.3 Å². The predicted octanol–water partition coefficient (Wildman–Crippen LogP) is -1.39. The molecular weight excluding hydrogens is 210 g/mol. The highest BCUT2D eigenvalue weighted by atomic mass is 16.3. The summed E-state index contributed by atoms with van der Waals surface area (Å²) < 4.78 is 0. The van der Waals surface area contributed by atoms with Gasteiger partial charge >= 0.3 is 0 Å². The summed E-state index contributed by atoms with van der Waals surface area (Å²) >= 11 is 0. The zero-order valence-electron chi connectivity index (χ0n) is 9.19. The average Bonchev–Trinajstić information content (AvgIpc) is 2.20. The van der Waals surface area contributed by atoms with Crippen molar-refractivity contribution in [2.75, 3.05) is 0 Å². The van der Waals surface area contributed by atoms with Gasteiger partial charge in [-0.15, -0.1) is 0 Å². The number of nitrogens with one attached hydrogen (secondary N) is 1. The molecule has 3 atom stereocenters. The molecule has 0 aliphatic heterocycles. The Labute approximate surface area is 94.4 Å². The van der Waals surface area contributed by atoms with E-state index in [9.17, 15) is 14.7 Å². The Morgan fingerprint density at radius 3 is 2.56 bits per heavy atom. The van der Waals surface area contributed by atoms with Crippen LogP contribution < -0.4 is 16.8 Å². The van der Waals surface area contributed by atoms with E-state index in [0.29, 0.717) is 6.42 Å². The van der Waals surface area contributed by atoms with Crippen molar-refractivity contribution in [1.29, 1.82) is 0 Å². The molecule has 1 aliphatic rings. The van der Waals surface area contributed by atoms with Gasteiger partial charge in [0, 0.05) is 0 Å². The van der Waals surface area contributed by atoms with Gasteiger partial charge in [-0.05, 0) is 12.8 Å². The van der Waals surface area contributed by atoms with Gasteiger partial charge in [-0.1, -0.05) is 12.8 Å². The van der Waals surface area contributed by atoms with Gasteiger partial charge < -0.3 is 21.9 Å². The van der Waals surface area contributed by atoms with Crippen molar-refractivity contribution in [2.24, 2.45) is 11.5 Å². The molecule has 1 fully saturated rings. The van der Waals surface area contributed by atoms with Crippen molar-refractivity contribution in [1.82, 2.24) is 5.32 Å². The molecule has 92 valence electrons. The third-order valence-corrected chi connectivity index (χ3v) is 2.82. The van der Waals surface area contributed by atoms with Crippen molar-refractivity contribution in [3.8, 4) is 0 Å². The van der Waals surface area contributed by atoms with Crippen LogP contribution in [0.5, 0.6) is 0 Å². The van der Waals surface area contributed by atoms with E-state index in [1.54, 1.807) is 0 Å². The van der Waals surface area contributed by atoms with E-state index in [0.717, 1.165) is 19.3 Å². The standard InChI is InChI=1S/C10H19N3O3/c11-6(5-9(12)15)10(16)13-7-3-1-2-4-8(7)14/h6-8,14H,1-5,11H2,(H2,12,15)(H,13,16). The topological polar surface area (TPSA) is 118 Å². The second-order valence-corrected chi connectivity index (χ2v) is 4.24. The number of aliphatic hydroxyl groups excluding tert-OH is 1. The van der Waals surface area contributed by atoms with Crippen LogP contribution in [0.4, 0.5) is 0 Å². The normalized spacial score (nSPS) is 27.1. The molecule has 1 aliphatic carbocycles. The Balaban J connectivity index is 2.40. The molecule has 0 aromatic heterocycles. The van der Waals surface area contributed by atoms with Crippen LogP contribution in [-0.2, 0) is 9.59 Å². The maximum Gasteiger partial charge on any atom is 0.237 e. The lowest BCUT2D eigenvalue weighted by molar-refractivity contribution is -0.127. The number of primary amides is 1. The number of nitrogens with two attached hydrogens (primary N) is 2. The number of carbonyl (C=O) groups is 2. The van der Waals surface area contributed by atoms with Gasteiger partial charge in [0.2, 0.25) is 11.8 Å². The zero-order valence-corrected chi connectivity index (χ0v) is 9.19. The first kappa shape index (κ1) is 12.9. The summed E-state index contributed by atoms with van der Waals surface area (Å²) in [5, 5.41) is 12.3. The first-order chi connectivity index (χ1) is 7.50. The Bertz CT molecular complexity index is 270. The van der Waals surface area contributed by atoms with Crippen molar-refractivity contribution >= 4 is 11.8 Å². The van der Waals surface area contributed by atoms with E-state index in [4.69, 9.17) is 11.5 Å². The minimum absolute atomic E-state index is 0.172. The Morgan fingerprint density at radius 2 is 2.00 bits per heavy atom. The van der Waals surface area contributed by atoms with E-state index >= 15 is 0 Å². The highest BCUT2D eigenvalue weighted by molar-refractivity contribution is 5.87. The largest absolute Gasteiger partial charge is 0.391 e. The van der Waals surface area contributed by atoms with Crippen molar-refractivity contribution in [3.63, 3.8) is 0 Å². The molecular formula is C10H19N3O3. The third kappa shape index (κ3) is 3.79. The van der Waals surface area contributed by atoms with Crippen molar-refractivity contribution in [3.05, 3.63) is 0 Å². The fraction of sp³-hybridized carbons (Fsp3) is 0.800.